The summed E-state index contributed by atoms with van der Waals surface area (Å²) < 4.78 is 0. The lowest BCUT2D eigenvalue weighted by molar-refractivity contribution is -0.120. The van der Waals surface area contributed by atoms with Crippen molar-refractivity contribution in [3.8, 4) is 0 Å². The highest BCUT2D eigenvalue weighted by molar-refractivity contribution is 5.90. The zero-order chi connectivity index (χ0) is 15.5. The van der Waals surface area contributed by atoms with E-state index >= 15 is 0 Å². The summed E-state index contributed by atoms with van der Waals surface area (Å²) >= 11 is 0. The number of hydrogen-bond donors (Lipinski definition) is 2. The van der Waals surface area contributed by atoms with Gasteiger partial charge in [-0.1, -0.05) is 5.10 Å². The maximum Gasteiger partial charge on any atom is 0.269 e. The van der Waals surface area contributed by atoms with Gasteiger partial charge in [-0.25, -0.2) is 9.97 Å². The predicted octanol–water partition coefficient (Wildman–Crippen LogP) is 0.462. The number of anilines is 2. The minimum atomic E-state index is -0.0672. The number of carbonyl (C=O) groups excluding carboxylic acids is 1. The van der Waals surface area contributed by atoms with E-state index < -0.39 is 0 Å². The number of aryl methyl sites for hydroxylation is 2. The Morgan fingerprint density at radius 3 is 2.55 bits per heavy atom. The zero-order valence-corrected chi connectivity index (χ0v) is 12.6. The Morgan fingerprint density at radius 2 is 1.95 bits per heavy atom. The minimum Gasteiger partial charge on any atom is -0.341 e. The van der Waals surface area contributed by atoms with E-state index in [-0.39, 0.29) is 17.8 Å². The van der Waals surface area contributed by atoms with Gasteiger partial charge < -0.3 is 4.90 Å². The lowest BCUT2D eigenvalue weighted by atomic mass is 9.96. The van der Waals surface area contributed by atoms with Crippen LogP contribution in [0.1, 0.15) is 24.2 Å². The smallest absolute Gasteiger partial charge is 0.269 e. The van der Waals surface area contributed by atoms with Gasteiger partial charge in [0, 0.05) is 30.4 Å². The molecule has 3 rings (SSSR count). The van der Waals surface area contributed by atoms with Crippen LogP contribution in [0.2, 0.25) is 0 Å². The second-order valence-corrected chi connectivity index (χ2v) is 5.44. The van der Waals surface area contributed by atoms with Gasteiger partial charge in [-0.2, -0.15) is 5.21 Å². The predicted molar refractivity (Wildman–Crippen MR) is 79.3 cm³/mol. The SMILES string of the molecule is Cc1cc(C)nc(N2CCC(C(=O)Nc3nn[nH]n3)CC2)n1. The van der Waals surface area contributed by atoms with Gasteiger partial charge >= 0.3 is 0 Å². The number of tetrazole rings is 1. The molecular weight excluding hydrogens is 284 g/mol. The first-order valence-electron chi connectivity index (χ1n) is 7.23. The van der Waals surface area contributed by atoms with E-state index in [4.69, 9.17) is 0 Å². The molecule has 9 nitrogen and oxygen atoms in total. The third-order valence-electron chi connectivity index (χ3n) is 3.70. The number of aromatic amines is 1. The molecule has 0 aliphatic carbocycles. The summed E-state index contributed by atoms with van der Waals surface area (Å²) in [7, 11) is 0. The van der Waals surface area contributed by atoms with Gasteiger partial charge in [-0.3, -0.25) is 10.1 Å². The number of rotatable bonds is 3. The molecule has 116 valence electrons. The maximum absolute atomic E-state index is 12.1. The molecule has 0 unspecified atom stereocenters. The average molecular weight is 302 g/mol. The van der Waals surface area contributed by atoms with Gasteiger partial charge in [-0.15, -0.1) is 5.10 Å². The fourth-order valence-electron chi connectivity index (χ4n) is 2.62. The highest BCUT2D eigenvalue weighted by Gasteiger charge is 2.27. The number of piperidine rings is 1. The molecule has 2 aromatic rings. The normalized spacial score (nSPS) is 15.8. The van der Waals surface area contributed by atoms with E-state index in [0.29, 0.717) is 0 Å². The Kier molecular flexibility index (Phi) is 3.94. The summed E-state index contributed by atoms with van der Waals surface area (Å²) in [5.41, 5.74) is 1.92. The molecule has 1 aliphatic heterocycles. The van der Waals surface area contributed by atoms with Crippen LogP contribution in [0.5, 0.6) is 0 Å². The van der Waals surface area contributed by atoms with Crippen molar-refractivity contribution in [2.75, 3.05) is 23.3 Å². The number of carbonyl (C=O) groups is 1. The van der Waals surface area contributed by atoms with Gasteiger partial charge in [-0.05, 0) is 38.0 Å². The van der Waals surface area contributed by atoms with E-state index in [1.54, 1.807) is 0 Å². The highest BCUT2D eigenvalue weighted by Crippen LogP contribution is 2.22. The number of aromatic nitrogens is 6. The number of H-pyrrole nitrogens is 1. The fourth-order valence-corrected chi connectivity index (χ4v) is 2.62. The Hall–Kier alpha value is -2.58. The summed E-state index contributed by atoms with van der Waals surface area (Å²) in [4.78, 5) is 23.2. The summed E-state index contributed by atoms with van der Waals surface area (Å²) in [6, 6.07) is 1.95. The van der Waals surface area contributed by atoms with Crippen LogP contribution in [0.15, 0.2) is 6.07 Å². The first-order chi connectivity index (χ1) is 10.6. The molecule has 0 radical (unpaired) electrons. The lowest BCUT2D eigenvalue weighted by Crippen LogP contribution is -2.39. The second kappa shape index (κ2) is 6.04. The highest BCUT2D eigenvalue weighted by atomic mass is 16.2. The molecule has 0 atom stereocenters. The van der Waals surface area contributed by atoms with Crippen molar-refractivity contribution < 1.29 is 4.79 Å². The minimum absolute atomic E-state index is 0.0549. The van der Waals surface area contributed by atoms with Crippen LogP contribution in [-0.2, 0) is 4.79 Å². The van der Waals surface area contributed by atoms with Gasteiger partial charge in [0.15, 0.2) is 0 Å². The van der Waals surface area contributed by atoms with Crippen LogP contribution >= 0.6 is 0 Å². The molecule has 1 saturated heterocycles. The molecule has 3 heterocycles. The summed E-state index contributed by atoms with van der Waals surface area (Å²) in [5.74, 6) is 0.836. The van der Waals surface area contributed by atoms with Gasteiger partial charge in [0.25, 0.3) is 5.95 Å². The van der Waals surface area contributed by atoms with Crippen LogP contribution in [0.4, 0.5) is 11.9 Å². The molecule has 0 spiro atoms. The first kappa shape index (κ1) is 14.4. The molecule has 9 heteroatoms. The number of nitrogens with zero attached hydrogens (tertiary/aromatic N) is 6. The van der Waals surface area contributed by atoms with Crippen LogP contribution in [0, 0.1) is 19.8 Å². The fraction of sp³-hybridized carbons (Fsp3) is 0.538. The van der Waals surface area contributed by atoms with Crippen LogP contribution in [0.3, 0.4) is 0 Å². The molecule has 1 aliphatic rings. The Bertz CT molecular complexity index is 628. The Labute approximate surface area is 127 Å². The average Bonchev–Trinajstić information content (AvgIpc) is 2.99. The lowest BCUT2D eigenvalue weighted by Gasteiger charge is -2.31. The van der Waals surface area contributed by atoms with E-state index in [1.165, 1.54) is 0 Å². The number of nitrogens with one attached hydrogen (secondary N) is 2. The van der Waals surface area contributed by atoms with Crippen LogP contribution in [-0.4, -0.2) is 49.6 Å². The van der Waals surface area contributed by atoms with Crippen molar-refractivity contribution in [1.82, 2.24) is 30.6 Å². The van der Waals surface area contributed by atoms with Gasteiger partial charge in [0.05, 0.1) is 0 Å². The molecule has 0 aromatic carbocycles. The zero-order valence-electron chi connectivity index (χ0n) is 12.6. The monoisotopic (exact) mass is 302 g/mol. The maximum atomic E-state index is 12.1. The molecule has 22 heavy (non-hydrogen) atoms. The third-order valence-corrected chi connectivity index (χ3v) is 3.70. The van der Waals surface area contributed by atoms with Crippen molar-refractivity contribution in [1.29, 1.82) is 0 Å². The summed E-state index contributed by atoms with van der Waals surface area (Å²) in [6.07, 6.45) is 1.50. The molecule has 2 aromatic heterocycles. The van der Waals surface area contributed by atoms with E-state index in [1.807, 2.05) is 19.9 Å². The Morgan fingerprint density at radius 1 is 1.27 bits per heavy atom. The molecular formula is C13H18N8O. The van der Waals surface area contributed by atoms with Crippen molar-refractivity contribution in [3.05, 3.63) is 17.5 Å². The van der Waals surface area contributed by atoms with E-state index in [2.05, 4.69) is 40.8 Å². The Balaban J connectivity index is 1.59. The topological polar surface area (TPSA) is 113 Å². The molecule has 2 N–H and O–H groups in total. The molecule has 0 saturated carbocycles. The first-order valence-corrected chi connectivity index (χ1v) is 7.23. The standard InChI is InChI=1S/C13H18N8O/c1-8-7-9(2)15-13(14-8)21-5-3-10(4-6-21)11(22)16-12-17-19-20-18-12/h7,10H,3-6H2,1-2H3,(H2,16,17,18,19,20,22). The van der Waals surface area contributed by atoms with Crippen LogP contribution in [0.25, 0.3) is 0 Å². The largest absolute Gasteiger partial charge is 0.341 e. The molecule has 0 bridgehead atoms. The van der Waals surface area contributed by atoms with E-state index in [9.17, 15) is 4.79 Å². The molecule has 1 amide bonds. The van der Waals surface area contributed by atoms with Gasteiger partial charge in [0.1, 0.15) is 0 Å². The van der Waals surface area contributed by atoms with Crippen molar-refractivity contribution >= 4 is 17.8 Å². The van der Waals surface area contributed by atoms with E-state index in [0.717, 1.165) is 43.3 Å². The number of hydrogen-bond acceptors (Lipinski definition) is 7. The van der Waals surface area contributed by atoms with Crippen molar-refractivity contribution in [2.24, 2.45) is 5.92 Å². The summed E-state index contributed by atoms with van der Waals surface area (Å²) in [5, 5.41) is 15.8. The van der Waals surface area contributed by atoms with Crippen LogP contribution < -0.4 is 10.2 Å². The molecule has 1 fully saturated rings. The second-order valence-electron chi connectivity index (χ2n) is 5.44. The van der Waals surface area contributed by atoms with Gasteiger partial charge in [0.2, 0.25) is 11.9 Å². The quantitative estimate of drug-likeness (QED) is 0.847. The summed E-state index contributed by atoms with van der Waals surface area (Å²) in [6.45, 7) is 5.44. The number of amides is 1. The van der Waals surface area contributed by atoms with Crippen molar-refractivity contribution in [3.63, 3.8) is 0 Å². The third kappa shape index (κ3) is 3.18. The van der Waals surface area contributed by atoms with Crippen molar-refractivity contribution in [2.45, 2.75) is 26.7 Å².